The number of halogens is 1. The fraction of sp³-hybridized carbons (Fsp3) is 0.556. The second-order valence-corrected chi connectivity index (χ2v) is 7.66. The Morgan fingerprint density at radius 2 is 2.27 bits per heavy atom. The molecule has 0 aliphatic carbocycles. The molecule has 8 heteroatoms. The summed E-state index contributed by atoms with van der Waals surface area (Å²) in [4.78, 5) is 14.8. The van der Waals surface area contributed by atoms with Crippen LogP contribution in [0.2, 0.25) is 0 Å². The van der Waals surface area contributed by atoms with Gasteiger partial charge in [-0.3, -0.25) is 9.48 Å². The zero-order valence-corrected chi connectivity index (χ0v) is 16.5. The lowest BCUT2D eigenvalue weighted by Gasteiger charge is -2.36. The summed E-state index contributed by atoms with van der Waals surface area (Å²) in [6, 6.07) is 4.26. The summed E-state index contributed by atoms with van der Waals surface area (Å²) in [5.41, 5.74) is 1.68. The van der Waals surface area contributed by atoms with E-state index in [0.717, 1.165) is 31.5 Å². The first-order valence-corrected chi connectivity index (χ1v) is 9.87. The molecule has 1 amide bonds. The van der Waals surface area contributed by atoms with E-state index in [0.29, 0.717) is 24.8 Å². The molecule has 0 spiro atoms. The molecule has 0 radical (unpaired) electrons. The Labute approximate surface area is 163 Å². The summed E-state index contributed by atoms with van der Waals surface area (Å²) >= 11 is 1.65. The van der Waals surface area contributed by atoms with Gasteiger partial charge in [-0.1, -0.05) is 0 Å². The minimum atomic E-state index is -0.0522. The molecule has 2 fully saturated rings. The molecular weight excluding hydrogens is 372 g/mol. The highest BCUT2D eigenvalue weighted by Crippen LogP contribution is 2.27. The maximum absolute atomic E-state index is 12.9. The first kappa shape index (κ1) is 19.4. The van der Waals surface area contributed by atoms with Gasteiger partial charge in [0.2, 0.25) is 0 Å². The van der Waals surface area contributed by atoms with E-state index in [-0.39, 0.29) is 30.5 Å². The third-order valence-electron chi connectivity index (χ3n) is 4.93. The highest BCUT2D eigenvalue weighted by molar-refractivity contribution is 7.07. The quantitative estimate of drug-likeness (QED) is 0.866. The first-order valence-electron chi connectivity index (χ1n) is 8.93. The van der Waals surface area contributed by atoms with Crippen molar-refractivity contribution in [3.63, 3.8) is 0 Å². The molecule has 4 rings (SSSR count). The number of nitrogens with one attached hydrogen (secondary N) is 1. The number of amides is 1. The number of piperidine rings is 1. The van der Waals surface area contributed by atoms with Crippen LogP contribution in [0.15, 0.2) is 29.1 Å². The molecule has 6 nitrogen and oxygen atoms in total. The van der Waals surface area contributed by atoms with Crippen molar-refractivity contribution >= 4 is 29.7 Å². The second-order valence-electron chi connectivity index (χ2n) is 6.88. The fourth-order valence-corrected chi connectivity index (χ4v) is 4.34. The van der Waals surface area contributed by atoms with Gasteiger partial charge in [-0.2, -0.15) is 16.4 Å². The Balaban J connectivity index is 0.00000196. The minimum absolute atomic E-state index is 0. The van der Waals surface area contributed by atoms with Gasteiger partial charge in [0.15, 0.2) is 0 Å². The molecule has 0 bridgehead atoms. The average Bonchev–Trinajstić information content (AvgIpc) is 3.33. The molecular formula is C18H25ClN4O2S. The lowest BCUT2D eigenvalue weighted by molar-refractivity contribution is -0.0691. The smallest absolute Gasteiger partial charge is 0.274 e. The van der Waals surface area contributed by atoms with E-state index in [9.17, 15) is 4.79 Å². The van der Waals surface area contributed by atoms with Crippen LogP contribution >= 0.6 is 23.7 Å². The predicted molar refractivity (Wildman–Crippen MR) is 104 cm³/mol. The number of hydrogen-bond donors (Lipinski definition) is 1. The summed E-state index contributed by atoms with van der Waals surface area (Å²) in [6.07, 6.45) is 4.16. The molecule has 3 unspecified atom stereocenters. The van der Waals surface area contributed by atoms with Crippen LogP contribution in [0.1, 0.15) is 48.0 Å². The van der Waals surface area contributed by atoms with Crippen molar-refractivity contribution in [1.82, 2.24) is 20.0 Å². The van der Waals surface area contributed by atoms with Gasteiger partial charge in [0, 0.05) is 19.3 Å². The summed E-state index contributed by atoms with van der Waals surface area (Å²) < 4.78 is 7.97. The normalized spacial score (nSPS) is 26.3. The Morgan fingerprint density at radius 3 is 3.00 bits per heavy atom. The number of aromatic nitrogens is 2. The van der Waals surface area contributed by atoms with Gasteiger partial charge in [0.1, 0.15) is 11.8 Å². The molecule has 2 aromatic heterocycles. The van der Waals surface area contributed by atoms with Crippen molar-refractivity contribution < 1.29 is 9.53 Å². The number of morpholine rings is 1. The van der Waals surface area contributed by atoms with E-state index in [1.807, 2.05) is 34.1 Å². The molecule has 2 aromatic rings. The summed E-state index contributed by atoms with van der Waals surface area (Å²) in [6.45, 7) is 5.20. The number of carbonyl (C=O) groups is 1. The van der Waals surface area contributed by atoms with Crippen molar-refractivity contribution in [2.45, 2.75) is 38.0 Å². The number of nitrogens with zero attached hydrogens (tertiary/aromatic N) is 3. The van der Waals surface area contributed by atoms with Gasteiger partial charge in [-0.25, -0.2) is 0 Å². The Hall–Kier alpha value is -1.41. The molecule has 0 aromatic carbocycles. The fourth-order valence-electron chi connectivity index (χ4n) is 3.64. The van der Waals surface area contributed by atoms with Crippen LogP contribution in [0.4, 0.5) is 0 Å². The van der Waals surface area contributed by atoms with Gasteiger partial charge in [-0.15, -0.1) is 12.4 Å². The molecule has 2 saturated heterocycles. The Kier molecular flexibility index (Phi) is 6.34. The van der Waals surface area contributed by atoms with Crippen LogP contribution in [0, 0.1) is 0 Å². The molecule has 1 N–H and O–H groups in total. The van der Waals surface area contributed by atoms with Crippen LogP contribution in [0.25, 0.3) is 0 Å². The average molecular weight is 397 g/mol. The van der Waals surface area contributed by atoms with Crippen molar-refractivity contribution in [3.8, 4) is 0 Å². The standard InChI is InChI=1S/C18H24N4O2S.ClH/c1-13-10-21(11-17(24-13)14-5-8-25-12-14)18(23)16-4-7-22(20-16)15-3-2-6-19-9-15;/h4-5,7-8,12-13,15,17,19H,2-3,6,9-11H2,1H3;1H. The molecule has 4 heterocycles. The van der Waals surface area contributed by atoms with Crippen LogP contribution in [-0.4, -0.2) is 52.9 Å². The molecule has 26 heavy (non-hydrogen) atoms. The van der Waals surface area contributed by atoms with Crippen LogP contribution < -0.4 is 5.32 Å². The lowest BCUT2D eigenvalue weighted by Crippen LogP contribution is -2.46. The predicted octanol–water partition coefficient (Wildman–Crippen LogP) is 2.89. The maximum Gasteiger partial charge on any atom is 0.274 e. The zero-order valence-electron chi connectivity index (χ0n) is 14.8. The van der Waals surface area contributed by atoms with Gasteiger partial charge in [0.25, 0.3) is 5.91 Å². The monoisotopic (exact) mass is 396 g/mol. The lowest BCUT2D eigenvalue weighted by atomic mass is 10.1. The number of thiophene rings is 1. The van der Waals surface area contributed by atoms with E-state index in [1.54, 1.807) is 11.3 Å². The topological polar surface area (TPSA) is 59.4 Å². The van der Waals surface area contributed by atoms with E-state index >= 15 is 0 Å². The number of carbonyl (C=O) groups excluding carboxylic acids is 1. The maximum atomic E-state index is 12.9. The number of ether oxygens (including phenoxy) is 1. The second kappa shape index (κ2) is 8.52. The van der Waals surface area contributed by atoms with E-state index in [2.05, 4.69) is 21.9 Å². The SMILES string of the molecule is CC1CN(C(=O)c2ccn(C3CCCNC3)n2)CC(c2ccsc2)O1.Cl. The van der Waals surface area contributed by atoms with Crippen molar-refractivity contribution in [2.75, 3.05) is 26.2 Å². The van der Waals surface area contributed by atoms with Gasteiger partial charge in [0.05, 0.1) is 18.7 Å². The third-order valence-corrected chi connectivity index (χ3v) is 5.64. The van der Waals surface area contributed by atoms with Crippen molar-refractivity contribution in [1.29, 1.82) is 0 Å². The number of rotatable bonds is 3. The summed E-state index contributed by atoms with van der Waals surface area (Å²) in [5.74, 6) is -0.00195. The van der Waals surface area contributed by atoms with Gasteiger partial charge >= 0.3 is 0 Å². The van der Waals surface area contributed by atoms with Crippen LogP contribution in [0.3, 0.4) is 0 Å². The molecule has 2 aliphatic rings. The van der Waals surface area contributed by atoms with Gasteiger partial charge < -0.3 is 15.0 Å². The molecule has 0 saturated carbocycles. The highest BCUT2D eigenvalue weighted by atomic mass is 35.5. The van der Waals surface area contributed by atoms with Crippen LogP contribution in [-0.2, 0) is 4.74 Å². The van der Waals surface area contributed by atoms with Crippen molar-refractivity contribution in [2.24, 2.45) is 0 Å². The first-order chi connectivity index (χ1) is 12.2. The van der Waals surface area contributed by atoms with E-state index < -0.39 is 0 Å². The van der Waals surface area contributed by atoms with E-state index in [1.165, 1.54) is 0 Å². The van der Waals surface area contributed by atoms with Gasteiger partial charge in [-0.05, 0) is 54.8 Å². The Bertz CT molecular complexity index is 715. The number of hydrogen-bond acceptors (Lipinski definition) is 5. The summed E-state index contributed by atoms with van der Waals surface area (Å²) in [7, 11) is 0. The molecule has 2 aliphatic heterocycles. The largest absolute Gasteiger partial charge is 0.367 e. The molecule has 142 valence electrons. The highest BCUT2D eigenvalue weighted by Gasteiger charge is 2.31. The van der Waals surface area contributed by atoms with E-state index in [4.69, 9.17) is 4.74 Å². The van der Waals surface area contributed by atoms with Crippen molar-refractivity contribution in [3.05, 3.63) is 40.3 Å². The third kappa shape index (κ3) is 4.11. The van der Waals surface area contributed by atoms with Crippen LogP contribution in [0.5, 0.6) is 0 Å². The summed E-state index contributed by atoms with van der Waals surface area (Å²) in [5, 5.41) is 12.1. The minimum Gasteiger partial charge on any atom is -0.367 e. The molecule has 3 atom stereocenters. The zero-order chi connectivity index (χ0) is 17.2. The Morgan fingerprint density at radius 1 is 1.38 bits per heavy atom.